The Kier molecular flexibility index (Phi) is 6.31. The van der Waals surface area contributed by atoms with E-state index in [0.717, 1.165) is 56.0 Å². The lowest BCUT2D eigenvalue weighted by molar-refractivity contribution is -0.132. The number of hydrogen-bond acceptors (Lipinski definition) is 3. The average molecular weight is 355 g/mol. The fourth-order valence-corrected chi connectivity index (χ4v) is 3.64. The second-order valence-electron chi connectivity index (χ2n) is 7.23. The van der Waals surface area contributed by atoms with Crippen LogP contribution in [0.1, 0.15) is 36.8 Å². The highest BCUT2D eigenvalue weighted by atomic mass is 16.5. The quantitative estimate of drug-likeness (QED) is 0.766. The number of likely N-dealkylation sites (tertiary alicyclic amines) is 1. The number of hydrogen-bond donors (Lipinski definition) is 0. The molecule has 3 rings (SSSR count). The highest BCUT2D eigenvalue weighted by Gasteiger charge is 2.22. The molecule has 1 amide bonds. The second kappa shape index (κ2) is 8.88. The van der Waals surface area contributed by atoms with Gasteiger partial charge in [0.05, 0.1) is 13.3 Å². The van der Waals surface area contributed by atoms with E-state index in [4.69, 9.17) is 4.74 Å². The van der Waals surface area contributed by atoms with Crippen molar-refractivity contribution in [3.8, 4) is 5.75 Å². The predicted octanol–water partition coefficient (Wildman–Crippen LogP) is 3.23. The van der Waals surface area contributed by atoms with Gasteiger partial charge in [0.1, 0.15) is 5.75 Å². The lowest BCUT2D eigenvalue weighted by atomic mass is 9.90. The average Bonchev–Trinajstić information content (AvgIpc) is 3.10. The van der Waals surface area contributed by atoms with Gasteiger partial charge in [-0.1, -0.05) is 12.1 Å². The molecule has 0 atom stereocenters. The first kappa shape index (κ1) is 18.5. The Labute approximate surface area is 156 Å². The molecule has 1 aromatic heterocycles. The number of ether oxygens (including phenoxy) is 1. The van der Waals surface area contributed by atoms with E-state index >= 15 is 0 Å². The molecule has 0 bridgehead atoms. The monoisotopic (exact) mass is 355 g/mol. The third-order valence-electron chi connectivity index (χ3n) is 5.35. The fourth-order valence-electron chi connectivity index (χ4n) is 3.64. The highest BCUT2D eigenvalue weighted by Crippen LogP contribution is 2.23. The van der Waals surface area contributed by atoms with Gasteiger partial charge >= 0.3 is 0 Å². The van der Waals surface area contributed by atoms with Crippen LogP contribution in [0.3, 0.4) is 0 Å². The van der Waals surface area contributed by atoms with Crippen LogP contribution in [0.4, 0.5) is 0 Å². The zero-order valence-corrected chi connectivity index (χ0v) is 15.9. The molecule has 5 nitrogen and oxygen atoms in total. The number of aryl methyl sites for hydroxylation is 3. The summed E-state index contributed by atoms with van der Waals surface area (Å²) in [7, 11) is 3.60. The van der Waals surface area contributed by atoms with E-state index in [9.17, 15) is 4.79 Å². The Morgan fingerprint density at radius 2 is 1.88 bits per heavy atom. The standard InChI is InChI=1S/C21H29N3O2/c1-23-16-19(15-22-23)7-10-21(25)24-13-11-18(12-14-24)4-3-17-5-8-20(26-2)9-6-17/h5-6,8-9,15-16,18H,3-4,7,10-14H2,1-2H3. The maximum atomic E-state index is 12.4. The van der Waals surface area contributed by atoms with Gasteiger partial charge in [-0.15, -0.1) is 0 Å². The van der Waals surface area contributed by atoms with Crippen molar-refractivity contribution in [3.63, 3.8) is 0 Å². The van der Waals surface area contributed by atoms with Gasteiger partial charge in [-0.05, 0) is 61.3 Å². The Bertz CT molecular complexity index is 700. The van der Waals surface area contributed by atoms with E-state index in [2.05, 4.69) is 17.2 Å². The molecular formula is C21H29N3O2. The first-order valence-electron chi connectivity index (χ1n) is 9.52. The van der Waals surface area contributed by atoms with Crippen molar-refractivity contribution >= 4 is 5.91 Å². The number of carbonyl (C=O) groups excluding carboxylic acids is 1. The number of aromatic nitrogens is 2. The molecule has 0 N–H and O–H groups in total. The second-order valence-corrected chi connectivity index (χ2v) is 7.23. The molecule has 26 heavy (non-hydrogen) atoms. The van der Waals surface area contributed by atoms with Crippen molar-refractivity contribution in [1.82, 2.24) is 14.7 Å². The third kappa shape index (κ3) is 5.10. The van der Waals surface area contributed by atoms with E-state index in [-0.39, 0.29) is 5.91 Å². The van der Waals surface area contributed by atoms with E-state index < -0.39 is 0 Å². The summed E-state index contributed by atoms with van der Waals surface area (Å²) < 4.78 is 6.99. The van der Waals surface area contributed by atoms with Crippen molar-refractivity contribution in [2.24, 2.45) is 13.0 Å². The van der Waals surface area contributed by atoms with Crippen molar-refractivity contribution in [3.05, 3.63) is 47.8 Å². The van der Waals surface area contributed by atoms with E-state index in [1.165, 1.54) is 12.0 Å². The van der Waals surface area contributed by atoms with Crippen LogP contribution in [0.5, 0.6) is 5.75 Å². The first-order valence-corrected chi connectivity index (χ1v) is 9.52. The minimum absolute atomic E-state index is 0.280. The SMILES string of the molecule is COc1ccc(CCC2CCN(C(=O)CCc3cnn(C)c3)CC2)cc1. The maximum Gasteiger partial charge on any atom is 0.222 e. The zero-order valence-electron chi connectivity index (χ0n) is 15.9. The fraction of sp³-hybridized carbons (Fsp3) is 0.524. The molecule has 0 aliphatic carbocycles. The van der Waals surface area contributed by atoms with Crippen LogP contribution in [0.2, 0.25) is 0 Å². The Balaban J connectivity index is 1.37. The number of piperidine rings is 1. The predicted molar refractivity (Wildman–Crippen MR) is 102 cm³/mol. The molecule has 0 unspecified atom stereocenters. The number of methoxy groups -OCH3 is 1. The molecule has 2 aromatic rings. The summed E-state index contributed by atoms with van der Waals surface area (Å²) in [6.07, 6.45) is 9.74. The number of amides is 1. The van der Waals surface area contributed by atoms with Gasteiger partial charge in [-0.2, -0.15) is 5.10 Å². The van der Waals surface area contributed by atoms with Gasteiger partial charge in [0.25, 0.3) is 0 Å². The van der Waals surface area contributed by atoms with Crippen molar-refractivity contribution < 1.29 is 9.53 Å². The minimum atomic E-state index is 0.280. The summed E-state index contributed by atoms with van der Waals surface area (Å²) >= 11 is 0. The summed E-state index contributed by atoms with van der Waals surface area (Å²) in [5, 5.41) is 4.16. The maximum absolute atomic E-state index is 12.4. The topological polar surface area (TPSA) is 47.4 Å². The molecule has 1 aliphatic rings. The van der Waals surface area contributed by atoms with Crippen LogP contribution in [0.15, 0.2) is 36.7 Å². The third-order valence-corrected chi connectivity index (χ3v) is 5.35. The van der Waals surface area contributed by atoms with Gasteiger partial charge in [-0.25, -0.2) is 0 Å². The van der Waals surface area contributed by atoms with Gasteiger partial charge in [0.2, 0.25) is 5.91 Å². The van der Waals surface area contributed by atoms with Crippen molar-refractivity contribution in [2.45, 2.75) is 38.5 Å². The minimum Gasteiger partial charge on any atom is -0.497 e. The number of nitrogens with zero attached hydrogens (tertiary/aromatic N) is 3. The molecule has 0 saturated carbocycles. The van der Waals surface area contributed by atoms with Crippen molar-refractivity contribution in [2.75, 3.05) is 20.2 Å². The van der Waals surface area contributed by atoms with Crippen LogP contribution in [-0.2, 0) is 24.7 Å². The molecule has 140 valence electrons. The molecule has 1 fully saturated rings. The van der Waals surface area contributed by atoms with Crippen LogP contribution in [0, 0.1) is 5.92 Å². The largest absolute Gasteiger partial charge is 0.497 e. The van der Waals surface area contributed by atoms with Gasteiger partial charge in [0, 0.05) is 32.8 Å². The number of rotatable bonds is 7. The molecule has 0 spiro atoms. The van der Waals surface area contributed by atoms with E-state index in [0.29, 0.717) is 6.42 Å². The zero-order chi connectivity index (χ0) is 18.4. The van der Waals surface area contributed by atoms with Gasteiger partial charge < -0.3 is 9.64 Å². The molecule has 1 saturated heterocycles. The first-order chi connectivity index (χ1) is 12.6. The highest BCUT2D eigenvalue weighted by molar-refractivity contribution is 5.76. The lowest BCUT2D eigenvalue weighted by Gasteiger charge is -2.32. The summed E-state index contributed by atoms with van der Waals surface area (Å²) in [6.45, 7) is 1.80. The van der Waals surface area contributed by atoms with E-state index in [1.54, 1.807) is 11.8 Å². The molecule has 0 radical (unpaired) electrons. The number of benzene rings is 1. The van der Waals surface area contributed by atoms with Crippen LogP contribution < -0.4 is 4.74 Å². The van der Waals surface area contributed by atoms with Crippen LogP contribution in [-0.4, -0.2) is 40.8 Å². The molecule has 1 aliphatic heterocycles. The molecule has 1 aromatic carbocycles. The molecule has 5 heteroatoms. The normalized spacial score (nSPS) is 15.2. The Hall–Kier alpha value is -2.30. The smallest absolute Gasteiger partial charge is 0.222 e. The lowest BCUT2D eigenvalue weighted by Crippen LogP contribution is -2.38. The molecule has 2 heterocycles. The van der Waals surface area contributed by atoms with Gasteiger partial charge in [0.15, 0.2) is 0 Å². The van der Waals surface area contributed by atoms with Crippen molar-refractivity contribution in [1.29, 1.82) is 0 Å². The summed E-state index contributed by atoms with van der Waals surface area (Å²) in [5.74, 6) is 1.91. The van der Waals surface area contributed by atoms with Crippen LogP contribution in [0.25, 0.3) is 0 Å². The van der Waals surface area contributed by atoms with Gasteiger partial charge in [-0.3, -0.25) is 9.48 Å². The Morgan fingerprint density at radius 3 is 2.50 bits per heavy atom. The van der Waals surface area contributed by atoms with Crippen LogP contribution >= 0.6 is 0 Å². The number of carbonyl (C=O) groups is 1. The van der Waals surface area contributed by atoms with E-state index in [1.807, 2.05) is 36.5 Å². The summed E-state index contributed by atoms with van der Waals surface area (Å²) in [4.78, 5) is 14.5. The Morgan fingerprint density at radius 1 is 1.15 bits per heavy atom. The summed E-state index contributed by atoms with van der Waals surface area (Å²) in [6, 6.07) is 8.35. The molecular weight excluding hydrogens is 326 g/mol. The summed E-state index contributed by atoms with van der Waals surface area (Å²) in [5.41, 5.74) is 2.50.